The summed E-state index contributed by atoms with van der Waals surface area (Å²) in [7, 11) is 0. The van der Waals surface area contributed by atoms with Crippen LogP contribution in [0, 0.1) is 11.7 Å². The van der Waals surface area contributed by atoms with Gasteiger partial charge < -0.3 is 10.4 Å². The maximum absolute atomic E-state index is 13.6. The molecule has 0 aliphatic carbocycles. The van der Waals surface area contributed by atoms with Gasteiger partial charge in [0, 0.05) is 37.8 Å². The van der Waals surface area contributed by atoms with Crippen LogP contribution in [-0.4, -0.2) is 36.2 Å². The molecule has 3 nitrogen and oxygen atoms in total. The fourth-order valence-electron chi connectivity index (χ4n) is 2.82. The molecule has 1 aliphatic heterocycles. The highest BCUT2D eigenvalue weighted by Crippen LogP contribution is 2.36. The third kappa shape index (κ3) is 4.71. The van der Waals surface area contributed by atoms with Crippen LogP contribution >= 0.6 is 24.8 Å². The Hall–Kier alpha value is -0.550. The van der Waals surface area contributed by atoms with Gasteiger partial charge in [0.15, 0.2) is 11.6 Å². The van der Waals surface area contributed by atoms with Crippen molar-refractivity contribution in [1.29, 1.82) is 0 Å². The molecule has 1 aromatic carbocycles. The first-order chi connectivity index (χ1) is 9.15. The summed E-state index contributed by atoms with van der Waals surface area (Å²) in [6.07, 6.45) is 1.00. The van der Waals surface area contributed by atoms with Gasteiger partial charge in [0.05, 0.1) is 0 Å². The smallest absolute Gasteiger partial charge is 0.165 e. The highest BCUT2D eigenvalue weighted by molar-refractivity contribution is 5.85. The van der Waals surface area contributed by atoms with Gasteiger partial charge in [-0.15, -0.1) is 24.8 Å². The standard InChI is InChI=1S/C15H23FN2O.2ClH/c1-3-11(2)14(18-9-7-17-8-10-18)12-5-4-6-13(16)15(12)19;;/h4-6,11,14,17,19H,3,7-10H2,1-2H3;2*1H/t11?,14-;;/m0../s1. The highest BCUT2D eigenvalue weighted by Gasteiger charge is 2.29. The van der Waals surface area contributed by atoms with Crippen molar-refractivity contribution in [1.82, 2.24) is 10.2 Å². The van der Waals surface area contributed by atoms with Crippen LogP contribution in [0.2, 0.25) is 0 Å². The number of para-hydroxylation sites is 1. The first-order valence-corrected chi connectivity index (χ1v) is 7.07. The number of benzene rings is 1. The molecule has 2 rings (SSSR count). The van der Waals surface area contributed by atoms with E-state index >= 15 is 0 Å². The first kappa shape index (κ1) is 20.5. The van der Waals surface area contributed by atoms with E-state index in [4.69, 9.17) is 0 Å². The number of phenols is 1. The number of aromatic hydroxyl groups is 1. The van der Waals surface area contributed by atoms with E-state index in [0.717, 1.165) is 38.2 Å². The highest BCUT2D eigenvalue weighted by atomic mass is 35.5. The zero-order valence-corrected chi connectivity index (χ0v) is 14.1. The quantitative estimate of drug-likeness (QED) is 0.883. The lowest BCUT2D eigenvalue weighted by Gasteiger charge is -2.38. The minimum absolute atomic E-state index is 0. The number of halogens is 3. The van der Waals surface area contributed by atoms with Crippen molar-refractivity contribution in [3.8, 4) is 5.75 Å². The van der Waals surface area contributed by atoms with Gasteiger partial charge in [-0.3, -0.25) is 4.90 Å². The van der Waals surface area contributed by atoms with Gasteiger partial charge in [-0.2, -0.15) is 0 Å². The van der Waals surface area contributed by atoms with Gasteiger partial charge in [0.25, 0.3) is 0 Å². The Morgan fingerprint density at radius 2 is 1.90 bits per heavy atom. The number of piperazine rings is 1. The van der Waals surface area contributed by atoms with Crippen LogP contribution in [0.15, 0.2) is 18.2 Å². The molecule has 0 saturated carbocycles. The van der Waals surface area contributed by atoms with Crippen LogP contribution in [-0.2, 0) is 0 Å². The molecule has 2 N–H and O–H groups in total. The van der Waals surface area contributed by atoms with E-state index in [1.807, 2.05) is 6.07 Å². The summed E-state index contributed by atoms with van der Waals surface area (Å²) in [5.74, 6) is -0.335. The fraction of sp³-hybridized carbons (Fsp3) is 0.600. The van der Waals surface area contributed by atoms with Gasteiger partial charge in [-0.05, 0) is 12.0 Å². The van der Waals surface area contributed by atoms with Crippen molar-refractivity contribution in [3.05, 3.63) is 29.6 Å². The maximum atomic E-state index is 13.6. The molecule has 0 spiro atoms. The van der Waals surface area contributed by atoms with Gasteiger partial charge in [-0.25, -0.2) is 4.39 Å². The Morgan fingerprint density at radius 3 is 2.48 bits per heavy atom. The second-order valence-corrected chi connectivity index (χ2v) is 5.29. The van der Waals surface area contributed by atoms with Crippen molar-refractivity contribution in [2.24, 2.45) is 5.92 Å². The Morgan fingerprint density at radius 1 is 1.29 bits per heavy atom. The predicted molar refractivity (Wildman–Crippen MR) is 89.2 cm³/mol. The van der Waals surface area contributed by atoms with Crippen LogP contribution in [0.3, 0.4) is 0 Å². The van der Waals surface area contributed by atoms with E-state index in [-0.39, 0.29) is 36.6 Å². The second kappa shape index (κ2) is 9.46. The van der Waals surface area contributed by atoms with E-state index in [1.54, 1.807) is 6.07 Å². The van der Waals surface area contributed by atoms with Crippen molar-refractivity contribution in [2.75, 3.05) is 26.2 Å². The first-order valence-electron chi connectivity index (χ1n) is 7.07. The largest absolute Gasteiger partial charge is 0.505 e. The Bertz CT molecular complexity index is 428. The summed E-state index contributed by atoms with van der Waals surface area (Å²) in [6, 6.07) is 4.92. The molecule has 122 valence electrons. The Balaban J connectivity index is 0.00000200. The van der Waals surface area contributed by atoms with Gasteiger partial charge in [-0.1, -0.05) is 32.4 Å². The number of hydrogen-bond donors (Lipinski definition) is 2. The summed E-state index contributed by atoms with van der Waals surface area (Å²) in [6.45, 7) is 8.06. The average Bonchev–Trinajstić information content (AvgIpc) is 2.44. The molecule has 0 amide bonds. The lowest BCUT2D eigenvalue weighted by molar-refractivity contribution is 0.125. The van der Waals surface area contributed by atoms with E-state index in [2.05, 4.69) is 24.1 Å². The summed E-state index contributed by atoms with van der Waals surface area (Å²) in [4.78, 5) is 2.35. The van der Waals surface area contributed by atoms with Crippen molar-refractivity contribution in [2.45, 2.75) is 26.3 Å². The van der Waals surface area contributed by atoms with Gasteiger partial charge in [0.1, 0.15) is 0 Å². The van der Waals surface area contributed by atoms with Gasteiger partial charge >= 0.3 is 0 Å². The lowest BCUT2D eigenvalue weighted by atomic mass is 9.90. The molecule has 21 heavy (non-hydrogen) atoms. The summed E-state index contributed by atoms with van der Waals surface area (Å²) in [5.41, 5.74) is 0.719. The summed E-state index contributed by atoms with van der Waals surface area (Å²) >= 11 is 0. The van der Waals surface area contributed by atoms with Crippen LogP contribution in [0.25, 0.3) is 0 Å². The van der Waals surface area contributed by atoms with E-state index in [1.165, 1.54) is 6.07 Å². The third-order valence-corrected chi connectivity index (χ3v) is 4.06. The van der Waals surface area contributed by atoms with E-state index < -0.39 is 5.82 Å². The Kier molecular flexibility index (Phi) is 9.22. The SMILES string of the molecule is CCC(C)[C@@H](c1cccc(F)c1O)N1CCNCC1.Cl.Cl. The molecule has 6 heteroatoms. The summed E-state index contributed by atoms with van der Waals surface area (Å²) in [5, 5.41) is 13.4. The molecular formula is C15H25Cl2FN2O. The van der Waals surface area contributed by atoms with Crippen molar-refractivity contribution in [3.63, 3.8) is 0 Å². The average molecular weight is 339 g/mol. The number of rotatable bonds is 4. The van der Waals surface area contributed by atoms with Crippen molar-refractivity contribution < 1.29 is 9.50 Å². The van der Waals surface area contributed by atoms with Crippen LogP contribution in [0.1, 0.15) is 31.9 Å². The molecule has 1 unspecified atom stereocenters. The molecule has 1 saturated heterocycles. The minimum Gasteiger partial charge on any atom is -0.505 e. The second-order valence-electron chi connectivity index (χ2n) is 5.29. The van der Waals surface area contributed by atoms with Crippen LogP contribution < -0.4 is 5.32 Å². The van der Waals surface area contributed by atoms with Crippen LogP contribution in [0.5, 0.6) is 5.75 Å². The molecule has 1 aromatic rings. The number of nitrogens with zero attached hydrogens (tertiary/aromatic N) is 1. The molecule has 1 fully saturated rings. The number of nitrogens with one attached hydrogen (secondary N) is 1. The monoisotopic (exact) mass is 338 g/mol. The molecule has 0 aromatic heterocycles. The molecule has 0 radical (unpaired) electrons. The molecule has 0 bridgehead atoms. The normalized spacial score (nSPS) is 18.2. The molecular weight excluding hydrogens is 314 g/mol. The zero-order valence-electron chi connectivity index (χ0n) is 12.5. The third-order valence-electron chi connectivity index (χ3n) is 4.06. The predicted octanol–water partition coefficient (Wildman–Crippen LogP) is 3.37. The lowest BCUT2D eigenvalue weighted by Crippen LogP contribution is -2.46. The van der Waals surface area contributed by atoms with Crippen molar-refractivity contribution >= 4 is 24.8 Å². The topological polar surface area (TPSA) is 35.5 Å². The molecule has 1 aliphatic rings. The summed E-state index contributed by atoms with van der Waals surface area (Å²) < 4.78 is 13.6. The molecule has 1 heterocycles. The fourth-order valence-corrected chi connectivity index (χ4v) is 2.82. The van der Waals surface area contributed by atoms with E-state index in [0.29, 0.717) is 5.92 Å². The van der Waals surface area contributed by atoms with Crippen LogP contribution in [0.4, 0.5) is 4.39 Å². The number of hydrogen-bond acceptors (Lipinski definition) is 3. The number of phenolic OH excluding ortho intramolecular Hbond substituents is 1. The zero-order chi connectivity index (χ0) is 13.8. The maximum Gasteiger partial charge on any atom is 0.165 e. The molecule has 2 atom stereocenters. The minimum atomic E-state index is -0.527. The van der Waals surface area contributed by atoms with Gasteiger partial charge in [0.2, 0.25) is 0 Å². The van der Waals surface area contributed by atoms with E-state index in [9.17, 15) is 9.50 Å². The Labute approximate surface area is 138 Å².